The first kappa shape index (κ1) is 23.3. The van der Waals surface area contributed by atoms with Crippen LogP contribution in [0.5, 0.6) is 5.75 Å². The van der Waals surface area contributed by atoms with E-state index in [0.717, 1.165) is 35.1 Å². The van der Waals surface area contributed by atoms with Gasteiger partial charge in [0.25, 0.3) is 5.56 Å². The van der Waals surface area contributed by atoms with Crippen LogP contribution in [-0.2, 0) is 6.54 Å². The summed E-state index contributed by atoms with van der Waals surface area (Å²) in [5, 5.41) is 5.20. The van der Waals surface area contributed by atoms with Crippen LogP contribution in [0.4, 0.5) is 0 Å². The fraction of sp³-hybridized carbons (Fsp3) is 0.407. The summed E-state index contributed by atoms with van der Waals surface area (Å²) in [4.78, 5) is 18.2. The first-order chi connectivity index (χ1) is 16.0. The number of ether oxygens (including phenoxy) is 1. The number of fused-ring (bicyclic) bond motifs is 1. The van der Waals surface area contributed by atoms with E-state index in [0.29, 0.717) is 24.3 Å². The average Bonchev–Trinajstić information content (AvgIpc) is 2.84. The second-order valence-electron chi connectivity index (χ2n) is 8.81. The first-order valence-electron chi connectivity index (χ1n) is 12.0. The van der Waals surface area contributed by atoms with Gasteiger partial charge in [-0.1, -0.05) is 49.6 Å². The molecule has 5 nitrogen and oxygen atoms in total. The molecule has 0 unspecified atom stereocenters. The lowest BCUT2D eigenvalue weighted by Gasteiger charge is -2.37. The number of nitrogens with zero attached hydrogens (tertiary/aromatic N) is 1. The van der Waals surface area contributed by atoms with Crippen LogP contribution in [0.25, 0.3) is 10.9 Å². The SMILES string of the molecule is CCOc1ccc2[nH]c(=O)c(CN(C(=S)N[C@H](C)c3ccccc3)C3CCCCC3)cc2c1. The molecule has 2 N–H and O–H groups in total. The molecule has 3 aromatic rings. The number of aromatic nitrogens is 1. The number of benzene rings is 2. The predicted molar refractivity (Wildman–Crippen MR) is 139 cm³/mol. The smallest absolute Gasteiger partial charge is 0.253 e. The van der Waals surface area contributed by atoms with Gasteiger partial charge in [0.2, 0.25) is 0 Å². The van der Waals surface area contributed by atoms with E-state index in [9.17, 15) is 4.79 Å². The Morgan fingerprint density at radius 2 is 1.91 bits per heavy atom. The molecule has 0 amide bonds. The van der Waals surface area contributed by atoms with Crippen LogP contribution >= 0.6 is 12.2 Å². The number of aromatic amines is 1. The molecule has 33 heavy (non-hydrogen) atoms. The first-order valence-corrected chi connectivity index (χ1v) is 12.4. The molecule has 1 aromatic heterocycles. The van der Waals surface area contributed by atoms with Crippen LogP contribution in [0, 0.1) is 0 Å². The highest BCUT2D eigenvalue weighted by Gasteiger charge is 2.25. The molecule has 1 heterocycles. The van der Waals surface area contributed by atoms with Crippen LogP contribution < -0.4 is 15.6 Å². The molecule has 0 radical (unpaired) electrons. The number of nitrogens with one attached hydrogen (secondary N) is 2. The van der Waals surface area contributed by atoms with Gasteiger partial charge in [0, 0.05) is 22.5 Å². The summed E-state index contributed by atoms with van der Waals surface area (Å²) in [6, 6.07) is 18.5. The van der Waals surface area contributed by atoms with Gasteiger partial charge in [0.1, 0.15) is 5.75 Å². The maximum Gasteiger partial charge on any atom is 0.253 e. The summed E-state index contributed by atoms with van der Waals surface area (Å²) >= 11 is 5.91. The normalized spacial score (nSPS) is 15.2. The lowest BCUT2D eigenvalue weighted by Crippen LogP contribution is -2.47. The van der Waals surface area contributed by atoms with Gasteiger partial charge in [-0.05, 0) is 68.7 Å². The fourth-order valence-corrected chi connectivity index (χ4v) is 5.03. The van der Waals surface area contributed by atoms with Crippen molar-refractivity contribution in [3.8, 4) is 5.75 Å². The van der Waals surface area contributed by atoms with Crippen molar-refractivity contribution in [2.45, 2.75) is 64.6 Å². The molecule has 1 saturated carbocycles. The minimum atomic E-state index is -0.0635. The van der Waals surface area contributed by atoms with Crippen molar-refractivity contribution in [2.24, 2.45) is 0 Å². The average molecular weight is 464 g/mol. The zero-order chi connectivity index (χ0) is 23.2. The molecule has 174 valence electrons. The van der Waals surface area contributed by atoms with E-state index >= 15 is 0 Å². The predicted octanol–water partition coefficient (Wildman–Crippen LogP) is 5.70. The lowest BCUT2D eigenvalue weighted by molar-refractivity contribution is 0.233. The van der Waals surface area contributed by atoms with E-state index in [4.69, 9.17) is 17.0 Å². The third-order valence-corrected chi connectivity index (χ3v) is 6.81. The van der Waals surface area contributed by atoms with Crippen LogP contribution in [0.2, 0.25) is 0 Å². The zero-order valence-electron chi connectivity index (χ0n) is 19.5. The number of rotatable bonds is 7. The summed E-state index contributed by atoms with van der Waals surface area (Å²) in [6.45, 7) is 5.19. The van der Waals surface area contributed by atoms with Gasteiger partial charge in [0.05, 0.1) is 19.2 Å². The van der Waals surface area contributed by atoms with Gasteiger partial charge in [-0.3, -0.25) is 4.79 Å². The molecule has 0 bridgehead atoms. The topological polar surface area (TPSA) is 57.4 Å². The van der Waals surface area contributed by atoms with E-state index < -0.39 is 0 Å². The second kappa shape index (κ2) is 10.8. The van der Waals surface area contributed by atoms with Crippen molar-refractivity contribution < 1.29 is 4.74 Å². The Hall–Kier alpha value is -2.86. The molecule has 1 aliphatic rings. The molecular formula is C27H33N3O2S. The lowest BCUT2D eigenvalue weighted by atomic mass is 9.94. The summed E-state index contributed by atoms with van der Waals surface area (Å²) < 4.78 is 5.65. The molecule has 2 aromatic carbocycles. The minimum absolute atomic E-state index is 0.0635. The highest BCUT2D eigenvalue weighted by Crippen LogP contribution is 2.26. The van der Waals surface area contributed by atoms with Gasteiger partial charge < -0.3 is 19.9 Å². The summed E-state index contributed by atoms with van der Waals surface area (Å²) in [5.41, 5.74) is 2.66. The highest BCUT2D eigenvalue weighted by molar-refractivity contribution is 7.80. The van der Waals surface area contributed by atoms with Crippen LogP contribution in [-0.4, -0.2) is 27.6 Å². The highest BCUT2D eigenvalue weighted by atomic mass is 32.1. The van der Waals surface area contributed by atoms with Crippen molar-refractivity contribution in [3.63, 3.8) is 0 Å². The van der Waals surface area contributed by atoms with Crippen molar-refractivity contribution in [1.82, 2.24) is 15.2 Å². The standard InChI is InChI=1S/C27H33N3O2S/c1-3-32-24-14-15-25-21(17-24)16-22(26(31)29-25)18-30(23-12-8-5-9-13-23)27(33)28-19(2)20-10-6-4-7-11-20/h4,6-7,10-11,14-17,19,23H,3,5,8-9,12-13,18H2,1-2H3,(H,28,33)(H,29,31)/t19-/m1/s1. The molecule has 4 rings (SSSR count). The second-order valence-corrected chi connectivity index (χ2v) is 9.19. The summed E-state index contributed by atoms with van der Waals surface area (Å²) in [5.74, 6) is 0.806. The minimum Gasteiger partial charge on any atom is -0.494 e. The maximum atomic E-state index is 13.0. The quantitative estimate of drug-likeness (QED) is 0.440. The maximum absolute atomic E-state index is 13.0. The Kier molecular flexibility index (Phi) is 7.65. The van der Waals surface area contributed by atoms with E-state index in [2.05, 4.69) is 34.3 Å². The Bertz CT molecular complexity index is 1140. The molecular weight excluding hydrogens is 430 g/mol. The number of hydrogen-bond donors (Lipinski definition) is 2. The molecule has 0 spiro atoms. The molecule has 0 aliphatic heterocycles. The van der Waals surface area contributed by atoms with Crippen molar-refractivity contribution in [1.29, 1.82) is 0 Å². The van der Waals surface area contributed by atoms with Crippen LogP contribution in [0.15, 0.2) is 59.4 Å². The number of hydrogen-bond acceptors (Lipinski definition) is 3. The largest absolute Gasteiger partial charge is 0.494 e. The summed E-state index contributed by atoms with van der Waals surface area (Å²) in [7, 11) is 0. The van der Waals surface area contributed by atoms with Gasteiger partial charge in [0.15, 0.2) is 5.11 Å². The molecule has 1 fully saturated rings. The van der Waals surface area contributed by atoms with Crippen molar-refractivity contribution in [2.75, 3.05) is 6.61 Å². The van der Waals surface area contributed by atoms with Gasteiger partial charge >= 0.3 is 0 Å². The van der Waals surface area contributed by atoms with Gasteiger partial charge in [-0.15, -0.1) is 0 Å². The Labute approximate surface area is 201 Å². The van der Waals surface area contributed by atoms with E-state index in [1.54, 1.807) is 0 Å². The number of pyridine rings is 1. The van der Waals surface area contributed by atoms with Crippen LogP contribution in [0.3, 0.4) is 0 Å². The van der Waals surface area contributed by atoms with E-state index in [1.807, 2.05) is 49.4 Å². The van der Waals surface area contributed by atoms with Crippen molar-refractivity contribution >= 4 is 28.2 Å². The van der Waals surface area contributed by atoms with E-state index in [1.165, 1.54) is 24.8 Å². The number of thiocarbonyl (C=S) groups is 1. The fourth-order valence-electron chi connectivity index (χ4n) is 4.64. The zero-order valence-corrected chi connectivity index (χ0v) is 20.3. The molecule has 1 atom stereocenters. The monoisotopic (exact) mass is 463 g/mol. The van der Waals surface area contributed by atoms with Crippen molar-refractivity contribution in [3.05, 3.63) is 76.1 Å². The Morgan fingerprint density at radius 1 is 1.15 bits per heavy atom. The van der Waals surface area contributed by atoms with E-state index in [-0.39, 0.29) is 11.6 Å². The Balaban J connectivity index is 1.60. The Morgan fingerprint density at radius 3 is 2.64 bits per heavy atom. The molecule has 1 aliphatic carbocycles. The van der Waals surface area contributed by atoms with Gasteiger partial charge in [-0.2, -0.15) is 0 Å². The van der Waals surface area contributed by atoms with Gasteiger partial charge in [-0.25, -0.2) is 0 Å². The summed E-state index contributed by atoms with van der Waals surface area (Å²) in [6.07, 6.45) is 5.86. The molecule has 0 saturated heterocycles. The number of H-pyrrole nitrogens is 1. The third-order valence-electron chi connectivity index (χ3n) is 6.46. The third kappa shape index (κ3) is 5.74. The van der Waals surface area contributed by atoms with Crippen LogP contribution in [0.1, 0.15) is 63.1 Å². The molecule has 6 heteroatoms.